The van der Waals surface area contributed by atoms with Crippen molar-refractivity contribution in [2.75, 3.05) is 0 Å². The van der Waals surface area contributed by atoms with Gasteiger partial charge >= 0.3 is 0 Å². The van der Waals surface area contributed by atoms with Crippen molar-refractivity contribution >= 4 is 5.78 Å². The molecule has 1 nitrogen and oxygen atoms in total. The van der Waals surface area contributed by atoms with E-state index in [1.807, 2.05) is 0 Å². The summed E-state index contributed by atoms with van der Waals surface area (Å²) in [6.45, 7) is 4.58. The maximum absolute atomic E-state index is 12.9. The summed E-state index contributed by atoms with van der Waals surface area (Å²) < 4.78 is 0. The first-order valence-electron chi connectivity index (χ1n) is 8.46. The van der Waals surface area contributed by atoms with Crippen molar-refractivity contribution in [3.63, 3.8) is 0 Å². The fourth-order valence-electron chi connectivity index (χ4n) is 4.96. The van der Waals surface area contributed by atoms with Crippen LogP contribution >= 0.6 is 0 Å². The summed E-state index contributed by atoms with van der Waals surface area (Å²) in [4.78, 5) is 12.9. The summed E-state index contributed by atoms with van der Waals surface area (Å²) in [5.74, 6) is 2.27. The van der Waals surface area contributed by atoms with Gasteiger partial charge in [-0.1, -0.05) is 44.2 Å². The van der Waals surface area contributed by atoms with Crippen LogP contribution in [0.3, 0.4) is 0 Å². The van der Waals surface area contributed by atoms with Crippen molar-refractivity contribution in [1.82, 2.24) is 0 Å². The van der Waals surface area contributed by atoms with Crippen LogP contribution in [0.5, 0.6) is 0 Å². The molecule has 1 aromatic rings. The monoisotopic (exact) mass is 280 g/mol. The van der Waals surface area contributed by atoms with Crippen LogP contribution in [-0.4, -0.2) is 5.78 Å². The van der Waals surface area contributed by atoms with E-state index in [9.17, 15) is 4.79 Å². The number of carbonyl (C=O) groups excluding carboxylic acids is 1. The first-order chi connectivity index (χ1) is 10.1. The van der Waals surface area contributed by atoms with Crippen molar-refractivity contribution in [2.24, 2.45) is 17.3 Å². The molecule has 0 saturated heterocycles. The number of rotatable bonds is 2. The molecule has 0 heterocycles. The number of hydrogen-bond donors (Lipinski definition) is 0. The van der Waals surface area contributed by atoms with Gasteiger partial charge in [0.1, 0.15) is 5.78 Å². The van der Waals surface area contributed by atoms with Gasteiger partial charge < -0.3 is 0 Å². The molecule has 21 heavy (non-hydrogen) atoms. The number of allylic oxidation sites excluding steroid dienone is 2. The number of Topliss-reactive ketones (excluding diaryl/α,β-unsaturated/α-hetero) is 1. The molecule has 4 unspecified atom stereocenters. The Morgan fingerprint density at radius 1 is 1.33 bits per heavy atom. The van der Waals surface area contributed by atoms with Gasteiger partial charge in [0.2, 0.25) is 0 Å². The second-order valence-corrected chi connectivity index (χ2v) is 7.42. The van der Waals surface area contributed by atoms with Gasteiger partial charge in [-0.2, -0.15) is 0 Å². The number of hydrogen-bond acceptors (Lipinski definition) is 1. The Hall–Kier alpha value is -1.37. The molecule has 0 radical (unpaired) electrons. The Morgan fingerprint density at radius 2 is 2.19 bits per heavy atom. The van der Waals surface area contributed by atoms with E-state index < -0.39 is 0 Å². The molecule has 0 aliphatic heterocycles. The SMILES string of the molecule is CCC(C)c1cccc2c1CC1(CC3C=CC1C3)C(=O)C2. The van der Waals surface area contributed by atoms with Crippen LogP contribution < -0.4 is 0 Å². The number of carbonyl (C=O) groups is 1. The number of ketones is 1. The Bertz CT molecular complexity index is 627. The van der Waals surface area contributed by atoms with Crippen LogP contribution in [0.1, 0.15) is 55.7 Å². The van der Waals surface area contributed by atoms with Gasteiger partial charge in [-0.25, -0.2) is 0 Å². The highest BCUT2D eigenvalue weighted by Gasteiger charge is 2.54. The van der Waals surface area contributed by atoms with E-state index in [-0.39, 0.29) is 5.41 Å². The van der Waals surface area contributed by atoms with Gasteiger partial charge in [-0.15, -0.1) is 0 Å². The van der Waals surface area contributed by atoms with Crippen molar-refractivity contribution in [3.05, 3.63) is 47.0 Å². The van der Waals surface area contributed by atoms with Gasteiger partial charge in [0.25, 0.3) is 0 Å². The largest absolute Gasteiger partial charge is 0.299 e. The molecule has 0 aromatic heterocycles. The van der Waals surface area contributed by atoms with Crippen molar-refractivity contribution in [2.45, 2.75) is 51.9 Å². The molecule has 0 N–H and O–H groups in total. The van der Waals surface area contributed by atoms with E-state index in [1.165, 1.54) is 29.5 Å². The minimum absolute atomic E-state index is 0.0595. The lowest BCUT2D eigenvalue weighted by molar-refractivity contribution is -0.130. The Labute approximate surface area is 127 Å². The van der Waals surface area contributed by atoms with Crippen LogP contribution in [-0.2, 0) is 17.6 Å². The standard InChI is InChI=1S/C20H24O/c1-3-13(2)17-6-4-5-15-10-19(21)20(12-18(15)17)11-14-7-8-16(20)9-14/h4-8,13-14,16H,3,9-12H2,1-2H3. The molecular weight excluding hydrogens is 256 g/mol. The van der Waals surface area contributed by atoms with Gasteiger partial charge in [-0.3, -0.25) is 4.79 Å². The zero-order chi connectivity index (χ0) is 14.6. The summed E-state index contributed by atoms with van der Waals surface area (Å²) in [6.07, 6.45) is 9.82. The molecule has 4 rings (SSSR count). The fourth-order valence-corrected chi connectivity index (χ4v) is 4.96. The molecule has 1 spiro atoms. The number of fused-ring (bicyclic) bond motifs is 4. The number of benzene rings is 1. The third-order valence-corrected chi connectivity index (χ3v) is 6.36. The smallest absolute Gasteiger partial charge is 0.144 e. The quantitative estimate of drug-likeness (QED) is 0.731. The van der Waals surface area contributed by atoms with Crippen LogP contribution in [0.15, 0.2) is 30.4 Å². The molecule has 1 aromatic carbocycles. The molecule has 1 saturated carbocycles. The van der Waals surface area contributed by atoms with Crippen LogP contribution in [0, 0.1) is 17.3 Å². The molecule has 1 fully saturated rings. The zero-order valence-electron chi connectivity index (χ0n) is 13.1. The third-order valence-electron chi connectivity index (χ3n) is 6.36. The molecule has 0 amide bonds. The molecule has 4 atom stereocenters. The fraction of sp³-hybridized carbons (Fsp3) is 0.550. The maximum atomic E-state index is 12.9. The maximum Gasteiger partial charge on any atom is 0.144 e. The normalized spacial score (nSPS) is 34.5. The second-order valence-electron chi connectivity index (χ2n) is 7.42. The predicted molar refractivity (Wildman–Crippen MR) is 85.4 cm³/mol. The topological polar surface area (TPSA) is 17.1 Å². The molecule has 110 valence electrons. The van der Waals surface area contributed by atoms with E-state index in [1.54, 1.807) is 0 Å². The summed E-state index contributed by atoms with van der Waals surface area (Å²) >= 11 is 0. The van der Waals surface area contributed by atoms with E-state index in [0.717, 1.165) is 12.8 Å². The molecular formula is C20H24O. The highest BCUT2D eigenvalue weighted by Crippen LogP contribution is 2.56. The lowest BCUT2D eigenvalue weighted by Gasteiger charge is -2.39. The van der Waals surface area contributed by atoms with Gasteiger partial charge in [0.05, 0.1) is 0 Å². The van der Waals surface area contributed by atoms with E-state index in [4.69, 9.17) is 0 Å². The first kappa shape index (κ1) is 13.3. The molecule has 3 aliphatic carbocycles. The van der Waals surface area contributed by atoms with Crippen LogP contribution in [0.25, 0.3) is 0 Å². The highest BCUT2D eigenvalue weighted by atomic mass is 16.1. The van der Waals surface area contributed by atoms with Crippen LogP contribution in [0.2, 0.25) is 0 Å². The lowest BCUT2D eigenvalue weighted by atomic mass is 9.62. The summed E-state index contributed by atoms with van der Waals surface area (Å²) in [5.41, 5.74) is 4.24. The molecule has 2 bridgehead atoms. The molecule has 3 aliphatic rings. The van der Waals surface area contributed by atoms with Crippen LogP contribution in [0.4, 0.5) is 0 Å². The summed E-state index contributed by atoms with van der Waals surface area (Å²) in [7, 11) is 0. The highest BCUT2D eigenvalue weighted by molar-refractivity contribution is 5.90. The summed E-state index contributed by atoms with van der Waals surface area (Å²) in [5, 5.41) is 0. The van der Waals surface area contributed by atoms with Gasteiger partial charge in [0, 0.05) is 11.8 Å². The van der Waals surface area contributed by atoms with Gasteiger partial charge in [-0.05, 0) is 60.1 Å². The molecule has 1 heteroatoms. The second kappa shape index (κ2) is 4.56. The van der Waals surface area contributed by atoms with Crippen molar-refractivity contribution < 1.29 is 4.79 Å². The zero-order valence-corrected chi connectivity index (χ0v) is 13.1. The van der Waals surface area contributed by atoms with Gasteiger partial charge in [0.15, 0.2) is 0 Å². The lowest BCUT2D eigenvalue weighted by Crippen LogP contribution is -2.42. The van der Waals surface area contributed by atoms with E-state index >= 15 is 0 Å². The van der Waals surface area contributed by atoms with Crippen molar-refractivity contribution in [1.29, 1.82) is 0 Å². The minimum Gasteiger partial charge on any atom is -0.299 e. The summed E-state index contributed by atoms with van der Waals surface area (Å²) in [6, 6.07) is 6.61. The minimum atomic E-state index is -0.0595. The van der Waals surface area contributed by atoms with E-state index in [2.05, 4.69) is 44.2 Å². The average Bonchev–Trinajstić information content (AvgIpc) is 3.08. The van der Waals surface area contributed by atoms with E-state index in [0.29, 0.717) is 30.0 Å². The third kappa shape index (κ3) is 1.79. The predicted octanol–water partition coefficient (Wildman–Crippen LogP) is 4.45. The Kier molecular flexibility index (Phi) is 2.89. The Balaban J connectivity index is 1.79. The Morgan fingerprint density at radius 3 is 2.86 bits per heavy atom. The van der Waals surface area contributed by atoms with Crippen molar-refractivity contribution in [3.8, 4) is 0 Å². The first-order valence-corrected chi connectivity index (χ1v) is 8.46. The average molecular weight is 280 g/mol.